The van der Waals surface area contributed by atoms with E-state index in [2.05, 4.69) is 183 Å². The SMILES string of the molecule is C/[C](c1ccc(C)cc1)=[Zr+2](/[C]1=CC=CC1)[CH]1c2cc(-c3ccccc3)c(C(C)(C)C)cc2-c2cc(C(C)(C)C)c(-c3ccccc3)cc21.[Cl-].[Cl-]. The summed E-state index contributed by atoms with van der Waals surface area (Å²) in [5.41, 5.74) is 16.9. The Morgan fingerprint density at radius 1 is 0.600 bits per heavy atom. The number of allylic oxidation sites excluding steroid dienone is 4. The Balaban J connectivity index is 0.00000243. The molecule has 0 bridgehead atoms. The molecule has 0 saturated carbocycles. The molecule has 0 amide bonds. The van der Waals surface area contributed by atoms with Gasteiger partial charge in [-0.25, -0.2) is 0 Å². The summed E-state index contributed by atoms with van der Waals surface area (Å²) < 4.78 is 3.72. The van der Waals surface area contributed by atoms with Crippen LogP contribution in [0.2, 0.25) is 0 Å². The molecule has 0 saturated heterocycles. The molecule has 0 fully saturated rings. The third kappa shape index (κ3) is 7.17. The van der Waals surface area contributed by atoms with Crippen LogP contribution < -0.4 is 24.8 Å². The summed E-state index contributed by atoms with van der Waals surface area (Å²) in [7, 11) is 0. The van der Waals surface area contributed by atoms with E-state index in [-0.39, 0.29) is 35.6 Å². The number of fused-ring (bicyclic) bond motifs is 3. The molecular weight excluding hydrogens is 727 g/mol. The Bertz CT molecular complexity index is 2000. The third-order valence-electron chi connectivity index (χ3n) is 10.4. The number of halogens is 2. The van der Waals surface area contributed by atoms with Gasteiger partial charge in [0.1, 0.15) is 0 Å². The summed E-state index contributed by atoms with van der Waals surface area (Å²) >= 11 is -2.61. The fraction of sp³-hybridized carbons (Fsp3) is 0.255. The van der Waals surface area contributed by atoms with Crippen LogP contribution in [0, 0.1) is 6.92 Å². The van der Waals surface area contributed by atoms with E-state index in [1.807, 2.05) is 0 Å². The van der Waals surface area contributed by atoms with Crippen molar-refractivity contribution < 1.29 is 46.1 Å². The molecule has 0 nitrogen and oxygen atoms in total. The maximum absolute atomic E-state index is 2.63. The van der Waals surface area contributed by atoms with Crippen molar-refractivity contribution >= 4 is 3.21 Å². The topological polar surface area (TPSA) is 0 Å². The fourth-order valence-corrected chi connectivity index (χ4v) is 16.4. The number of hydrogen-bond donors (Lipinski definition) is 0. The minimum atomic E-state index is -2.61. The second kappa shape index (κ2) is 14.9. The molecule has 0 radical (unpaired) electrons. The van der Waals surface area contributed by atoms with Gasteiger partial charge in [-0.05, 0) is 0 Å². The zero-order chi connectivity index (χ0) is 33.8. The van der Waals surface area contributed by atoms with E-state index in [0.29, 0.717) is 3.63 Å². The van der Waals surface area contributed by atoms with Crippen molar-refractivity contribution in [2.45, 2.75) is 76.3 Å². The molecule has 5 aromatic carbocycles. The first-order valence-electron chi connectivity index (χ1n) is 17.5. The van der Waals surface area contributed by atoms with Crippen LogP contribution in [-0.2, 0) is 32.1 Å². The van der Waals surface area contributed by atoms with Crippen LogP contribution >= 0.6 is 0 Å². The Morgan fingerprint density at radius 2 is 1.06 bits per heavy atom. The van der Waals surface area contributed by atoms with Gasteiger partial charge < -0.3 is 24.8 Å². The number of hydrogen-bond acceptors (Lipinski definition) is 0. The number of benzene rings is 5. The predicted octanol–water partition coefficient (Wildman–Crippen LogP) is 6.70. The maximum Gasteiger partial charge on any atom is -1.00 e. The van der Waals surface area contributed by atoms with Crippen molar-refractivity contribution in [1.82, 2.24) is 0 Å². The van der Waals surface area contributed by atoms with Gasteiger partial charge >= 0.3 is 298 Å². The summed E-state index contributed by atoms with van der Waals surface area (Å²) in [5.74, 6) is 0. The largest absolute Gasteiger partial charge is 1.00 e. The molecule has 7 rings (SSSR count). The first-order chi connectivity index (χ1) is 22.9. The van der Waals surface area contributed by atoms with E-state index in [4.69, 9.17) is 0 Å². The van der Waals surface area contributed by atoms with Crippen molar-refractivity contribution in [3.8, 4) is 33.4 Å². The monoisotopic (exact) mass is 772 g/mol. The Hall–Kier alpha value is -3.09. The van der Waals surface area contributed by atoms with E-state index in [1.54, 1.807) is 6.49 Å². The number of rotatable bonds is 5. The van der Waals surface area contributed by atoms with Crippen LogP contribution in [0.4, 0.5) is 0 Å². The molecule has 5 aromatic rings. The minimum absolute atomic E-state index is 0. The van der Waals surface area contributed by atoms with Gasteiger partial charge in [0.05, 0.1) is 0 Å². The summed E-state index contributed by atoms with van der Waals surface area (Å²) in [4.78, 5) is 0. The average Bonchev–Trinajstić information content (AvgIpc) is 3.71. The van der Waals surface area contributed by atoms with E-state index in [0.717, 1.165) is 6.42 Å². The van der Waals surface area contributed by atoms with Crippen LogP contribution in [0.5, 0.6) is 0 Å². The van der Waals surface area contributed by atoms with Gasteiger partial charge in [-0.15, -0.1) is 0 Å². The Morgan fingerprint density at radius 3 is 1.46 bits per heavy atom. The molecule has 0 unspecified atom stereocenters. The van der Waals surface area contributed by atoms with E-state index in [9.17, 15) is 0 Å². The molecule has 254 valence electrons. The molecule has 3 heteroatoms. The van der Waals surface area contributed by atoms with Crippen LogP contribution in [0.15, 0.2) is 131 Å². The normalized spacial score (nSPS) is 13.9. The van der Waals surface area contributed by atoms with Gasteiger partial charge in [-0.3, -0.25) is 0 Å². The van der Waals surface area contributed by atoms with E-state index < -0.39 is 21.3 Å². The van der Waals surface area contributed by atoms with Crippen molar-refractivity contribution in [3.63, 3.8) is 0 Å². The number of aryl methyl sites for hydroxylation is 1. The first-order valence-corrected chi connectivity index (χ1v) is 21.4. The first kappa shape index (κ1) is 38.2. The molecule has 2 aliphatic carbocycles. The molecule has 0 spiro atoms. The second-order valence-electron chi connectivity index (χ2n) is 15.9. The van der Waals surface area contributed by atoms with Crippen LogP contribution in [0.1, 0.15) is 91.9 Å². The molecule has 0 aliphatic heterocycles. The maximum atomic E-state index is 2.63. The second-order valence-corrected chi connectivity index (χ2v) is 22.7. The van der Waals surface area contributed by atoms with Crippen molar-refractivity contribution in [2.24, 2.45) is 0 Å². The zero-order valence-corrected chi connectivity index (χ0v) is 34.6. The summed E-state index contributed by atoms with van der Waals surface area (Å²) in [6.07, 6.45) is 8.25. The van der Waals surface area contributed by atoms with Crippen molar-refractivity contribution in [3.05, 3.63) is 164 Å². The quantitative estimate of drug-likeness (QED) is 0.187. The van der Waals surface area contributed by atoms with Crippen LogP contribution in [-0.4, -0.2) is 3.21 Å². The smallest absolute Gasteiger partial charge is 1.00 e. The molecular formula is C47H48Cl2Zr. The van der Waals surface area contributed by atoms with Gasteiger partial charge in [0, 0.05) is 0 Å². The van der Waals surface area contributed by atoms with Crippen LogP contribution in [0.25, 0.3) is 33.4 Å². The summed E-state index contributed by atoms with van der Waals surface area (Å²) in [5, 5.41) is 0. The van der Waals surface area contributed by atoms with Crippen molar-refractivity contribution in [1.29, 1.82) is 0 Å². The molecule has 0 aromatic heterocycles. The van der Waals surface area contributed by atoms with E-state index >= 15 is 0 Å². The molecule has 0 atom stereocenters. The van der Waals surface area contributed by atoms with Gasteiger partial charge in [-0.1, -0.05) is 0 Å². The zero-order valence-electron chi connectivity index (χ0n) is 30.7. The summed E-state index contributed by atoms with van der Waals surface area (Å²) in [6, 6.07) is 42.0. The van der Waals surface area contributed by atoms with Gasteiger partial charge in [0.2, 0.25) is 0 Å². The standard InChI is InChI=1S/C33H33.C9H10.C5H5.2ClH.Zr/c1-32(2,3)30-20-26-24(18-28(30)22-13-9-7-10-14-22)17-25-19-29(23-15-11-8-12-16-23)31(21-27(25)26)33(4,5)6;1-3-9-6-4-8(2)5-7-9;1-2-4-5-3-1;;;/h7-21H,1-6H3;4-7H,1-2H3;1-3H,4H2;2*1H;/q;;;;;+2/p-2. The fourth-order valence-electron chi connectivity index (χ4n) is 7.86. The molecule has 2 aliphatic rings. The van der Waals surface area contributed by atoms with Crippen LogP contribution in [0.3, 0.4) is 0 Å². The molecule has 0 N–H and O–H groups in total. The van der Waals surface area contributed by atoms with Gasteiger partial charge in [0.25, 0.3) is 0 Å². The van der Waals surface area contributed by atoms with Crippen molar-refractivity contribution in [2.75, 3.05) is 0 Å². The van der Waals surface area contributed by atoms with Gasteiger partial charge in [-0.2, -0.15) is 0 Å². The molecule has 0 heterocycles. The minimum Gasteiger partial charge on any atom is -1.00 e. The Labute approximate surface area is 320 Å². The van der Waals surface area contributed by atoms with Gasteiger partial charge in [0.15, 0.2) is 0 Å². The Kier molecular flexibility index (Phi) is 11.3. The average molecular weight is 775 g/mol. The molecule has 50 heavy (non-hydrogen) atoms. The predicted molar refractivity (Wildman–Crippen MR) is 205 cm³/mol. The third-order valence-corrected chi connectivity index (χ3v) is 18.6. The van der Waals surface area contributed by atoms with E-state index in [1.165, 1.54) is 66.8 Å². The summed E-state index contributed by atoms with van der Waals surface area (Å²) in [6.45, 7) is 18.9.